The average molecular weight is 373 g/mol. The number of hydrogen-bond acceptors (Lipinski definition) is 4. The summed E-state index contributed by atoms with van der Waals surface area (Å²) in [5.74, 6) is 0.0276. The van der Waals surface area contributed by atoms with Crippen molar-refractivity contribution in [3.8, 4) is 0 Å². The number of alkyl carbamates (subject to hydrolysis) is 1. The first-order valence-corrected chi connectivity index (χ1v) is 9.91. The maximum absolute atomic E-state index is 12.4. The van der Waals surface area contributed by atoms with Gasteiger partial charge in [-0.3, -0.25) is 9.69 Å². The normalized spacial score (nSPS) is 21.4. The van der Waals surface area contributed by atoms with Gasteiger partial charge in [0.05, 0.1) is 6.04 Å². The lowest BCUT2D eigenvalue weighted by molar-refractivity contribution is -0.117. The summed E-state index contributed by atoms with van der Waals surface area (Å²) in [6.07, 6.45) is 3.73. The zero-order valence-electron chi connectivity index (χ0n) is 16.7. The van der Waals surface area contributed by atoms with Crippen LogP contribution in [0.15, 0.2) is 24.3 Å². The second kappa shape index (κ2) is 8.30. The number of anilines is 1. The summed E-state index contributed by atoms with van der Waals surface area (Å²) >= 11 is 0. The van der Waals surface area contributed by atoms with Crippen LogP contribution in [0.1, 0.15) is 52.0 Å². The largest absolute Gasteiger partial charge is 0.444 e. The molecule has 3 rings (SSSR count). The zero-order valence-corrected chi connectivity index (χ0v) is 16.7. The quantitative estimate of drug-likeness (QED) is 0.880. The van der Waals surface area contributed by atoms with Crippen LogP contribution in [-0.4, -0.2) is 48.2 Å². The fourth-order valence-corrected chi connectivity index (χ4v) is 3.69. The van der Waals surface area contributed by atoms with Crippen molar-refractivity contribution >= 4 is 17.7 Å². The molecule has 2 saturated heterocycles. The number of piperidine rings is 1. The van der Waals surface area contributed by atoms with Crippen LogP contribution in [0.4, 0.5) is 10.5 Å². The van der Waals surface area contributed by atoms with Crippen molar-refractivity contribution in [1.82, 2.24) is 10.2 Å². The van der Waals surface area contributed by atoms with Crippen LogP contribution >= 0.6 is 0 Å². The van der Waals surface area contributed by atoms with Crippen molar-refractivity contribution < 1.29 is 14.3 Å². The molecule has 2 amide bonds. The summed E-state index contributed by atoms with van der Waals surface area (Å²) in [5.41, 5.74) is 1.61. The molecule has 0 spiro atoms. The number of nitrogens with zero attached hydrogens (tertiary/aromatic N) is 2. The molecule has 2 aliphatic heterocycles. The van der Waals surface area contributed by atoms with Gasteiger partial charge in [-0.1, -0.05) is 18.6 Å². The highest BCUT2D eigenvalue weighted by molar-refractivity contribution is 5.96. The average Bonchev–Trinajstić information content (AvgIpc) is 2.95. The highest BCUT2D eigenvalue weighted by Gasteiger charge is 2.32. The minimum absolute atomic E-state index is 0.0276. The molecule has 6 nitrogen and oxygen atoms in total. The van der Waals surface area contributed by atoms with E-state index in [4.69, 9.17) is 4.74 Å². The van der Waals surface area contributed by atoms with Crippen molar-refractivity contribution in [2.75, 3.05) is 24.5 Å². The van der Waals surface area contributed by atoms with E-state index >= 15 is 0 Å². The minimum atomic E-state index is -0.545. The Morgan fingerprint density at radius 2 is 1.81 bits per heavy atom. The molecule has 0 saturated carbocycles. The molecule has 2 aliphatic rings. The van der Waals surface area contributed by atoms with E-state index in [2.05, 4.69) is 22.3 Å². The molecular formula is C21H31N3O3. The monoisotopic (exact) mass is 373 g/mol. The predicted octanol–water partition coefficient (Wildman–Crippen LogP) is 3.30. The van der Waals surface area contributed by atoms with Crippen LogP contribution in [0.3, 0.4) is 0 Å². The van der Waals surface area contributed by atoms with Crippen molar-refractivity contribution in [2.45, 2.75) is 64.6 Å². The number of rotatable bonds is 4. The van der Waals surface area contributed by atoms with E-state index in [0.29, 0.717) is 13.0 Å². The van der Waals surface area contributed by atoms with Crippen LogP contribution in [0, 0.1) is 0 Å². The molecule has 0 bridgehead atoms. The third kappa shape index (κ3) is 5.70. The van der Waals surface area contributed by atoms with Crippen LogP contribution in [0.25, 0.3) is 0 Å². The Morgan fingerprint density at radius 3 is 2.44 bits per heavy atom. The molecule has 1 aromatic rings. The van der Waals surface area contributed by atoms with E-state index in [9.17, 15) is 9.59 Å². The van der Waals surface area contributed by atoms with Gasteiger partial charge in [0.15, 0.2) is 0 Å². The highest BCUT2D eigenvalue weighted by Crippen LogP contribution is 2.23. The minimum Gasteiger partial charge on any atom is -0.444 e. The Balaban J connectivity index is 1.54. The highest BCUT2D eigenvalue weighted by atomic mass is 16.6. The molecule has 27 heavy (non-hydrogen) atoms. The Hall–Kier alpha value is -2.08. The van der Waals surface area contributed by atoms with Gasteiger partial charge < -0.3 is 15.0 Å². The summed E-state index contributed by atoms with van der Waals surface area (Å²) in [7, 11) is 0. The molecule has 148 valence electrons. The van der Waals surface area contributed by atoms with E-state index in [1.165, 1.54) is 37.9 Å². The van der Waals surface area contributed by atoms with Gasteiger partial charge in [0.1, 0.15) is 5.60 Å². The standard InChI is InChI=1S/C21H31N3O3/c1-21(2,3)27-20(26)22-17-13-19(25)24(15-17)18-9-7-16(8-10-18)14-23-11-5-4-6-12-23/h7-10,17H,4-6,11-15H2,1-3H3,(H,22,26). The molecule has 1 aromatic carbocycles. The van der Waals surface area contributed by atoms with Gasteiger partial charge in [0, 0.05) is 25.2 Å². The first-order valence-electron chi connectivity index (χ1n) is 9.91. The summed E-state index contributed by atoms with van der Waals surface area (Å²) in [4.78, 5) is 28.5. The summed E-state index contributed by atoms with van der Waals surface area (Å²) in [6.45, 7) is 9.26. The van der Waals surface area contributed by atoms with Crippen LogP contribution in [0.5, 0.6) is 0 Å². The molecule has 2 heterocycles. The fourth-order valence-electron chi connectivity index (χ4n) is 3.69. The van der Waals surface area contributed by atoms with Crippen LogP contribution in [-0.2, 0) is 16.1 Å². The Morgan fingerprint density at radius 1 is 1.15 bits per heavy atom. The summed E-state index contributed by atoms with van der Waals surface area (Å²) < 4.78 is 5.28. The second-order valence-electron chi connectivity index (χ2n) is 8.55. The maximum Gasteiger partial charge on any atom is 0.407 e. The Kier molecular flexibility index (Phi) is 6.05. The van der Waals surface area contributed by atoms with Gasteiger partial charge in [0.25, 0.3) is 0 Å². The van der Waals surface area contributed by atoms with Crippen molar-refractivity contribution in [1.29, 1.82) is 0 Å². The van der Waals surface area contributed by atoms with Crippen LogP contribution in [0.2, 0.25) is 0 Å². The van der Waals surface area contributed by atoms with Gasteiger partial charge in [-0.2, -0.15) is 0 Å². The van der Waals surface area contributed by atoms with E-state index in [-0.39, 0.29) is 11.9 Å². The predicted molar refractivity (Wildman–Crippen MR) is 106 cm³/mol. The summed E-state index contributed by atoms with van der Waals surface area (Å²) in [5, 5.41) is 2.80. The van der Waals surface area contributed by atoms with E-state index < -0.39 is 11.7 Å². The molecule has 1 N–H and O–H groups in total. The maximum atomic E-state index is 12.4. The number of hydrogen-bond donors (Lipinski definition) is 1. The smallest absolute Gasteiger partial charge is 0.407 e. The van der Waals surface area contributed by atoms with Crippen molar-refractivity contribution in [3.63, 3.8) is 0 Å². The first kappa shape index (κ1) is 19.7. The number of likely N-dealkylation sites (tertiary alicyclic amines) is 1. The van der Waals surface area contributed by atoms with Gasteiger partial charge in [-0.15, -0.1) is 0 Å². The number of carbonyl (C=O) groups is 2. The third-order valence-electron chi connectivity index (χ3n) is 4.95. The topological polar surface area (TPSA) is 61.9 Å². The number of carbonyl (C=O) groups excluding carboxylic acids is 2. The Bertz CT molecular complexity index is 660. The first-order chi connectivity index (χ1) is 12.8. The molecule has 0 aromatic heterocycles. The lowest BCUT2D eigenvalue weighted by Gasteiger charge is -2.26. The van der Waals surface area contributed by atoms with Crippen LogP contribution < -0.4 is 10.2 Å². The van der Waals surface area contributed by atoms with E-state index in [1.54, 1.807) is 4.90 Å². The Labute approximate surface area is 161 Å². The van der Waals surface area contributed by atoms with E-state index in [1.807, 2.05) is 32.9 Å². The molecule has 1 unspecified atom stereocenters. The van der Waals surface area contributed by atoms with Gasteiger partial charge in [-0.25, -0.2) is 4.79 Å². The number of ether oxygens (including phenoxy) is 1. The third-order valence-corrected chi connectivity index (χ3v) is 4.95. The molecule has 2 fully saturated rings. The SMILES string of the molecule is CC(C)(C)OC(=O)NC1CC(=O)N(c2ccc(CN3CCCCC3)cc2)C1. The number of amides is 2. The zero-order chi connectivity index (χ0) is 19.4. The molecule has 0 aliphatic carbocycles. The van der Waals surface area contributed by atoms with Gasteiger partial charge >= 0.3 is 6.09 Å². The molecule has 6 heteroatoms. The van der Waals surface area contributed by atoms with Gasteiger partial charge in [-0.05, 0) is 64.4 Å². The van der Waals surface area contributed by atoms with Crippen molar-refractivity contribution in [3.05, 3.63) is 29.8 Å². The molecule has 0 radical (unpaired) electrons. The molecule has 1 atom stereocenters. The lowest BCUT2D eigenvalue weighted by Crippen LogP contribution is -2.40. The fraction of sp³-hybridized carbons (Fsp3) is 0.619. The lowest BCUT2D eigenvalue weighted by atomic mass is 10.1. The number of benzene rings is 1. The second-order valence-corrected chi connectivity index (χ2v) is 8.55. The number of nitrogens with one attached hydrogen (secondary N) is 1. The van der Waals surface area contributed by atoms with Gasteiger partial charge in [0.2, 0.25) is 5.91 Å². The molecular weight excluding hydrogens is 342 g/mol. The summed E-state index contributed by atoms with van der Waals surface area (Å²) in [6, 6.07) is 8.00. The van der Waals surface area contributed by atoms with E-state index in [0.717, 1.165) is 12.2 Å². The van der Waals surface area contributed by atoms with Crippen molar-refractivity contribution in [2.24, 2.45) is 0 Å².